The third-order valence-electron chi connectivity index (χ3n) is 4.00. The molecule has 1 atom stereocenters. The lowest BCUT2D eigenvalue weighted by Gasteiger charge is -2.33. The van der Waals surface area contributed by atoms with Gasteiger partial charge in [0.15, 0.2) is 0 Å². The number of hydrogen-bond donors (Lipinski definition) is 2. The molecule has 0 amide bonds. The molecule has 1 saturated heterocycles. The van der Waals surface area contributed by atoms with Gasteiger partial charge in [0.25, 0.3) is 0 Å². The molecule has 0 radical (unpaired) electrons. The van der Waals surface area contributed by atoms with Crippen LogP contribution in [0.2, 0.25) is 0 Å². The summed E-state index contributed by atoms with van der Waals surface area (Å²) in [6.07, 6.45) is 3.15. The van der Waals surface area contributed by atoms with Gasteiger partial charge < -0.3 is 15.7 Å². The summed E-state index contributed by atoms with van der Waals surface area (Å²) in [6.45, 7) is 4.53. The first-order valence-electron chi connectivity index (χ1n) is 6.96. The highest BCUT2D eigenvalue weighted by Gasteiger charge is 2.18. The van der Waals surface area contributed by atoms with Crippen LogP contribution in [0.4, 0.5) is 5.69 Å². The molecule has 1 aliphatic rings. The Morgan fingerprint density at radius 3 is 2.39 bits per heavy atom. The summed E-state index contributed by atoms with van der Waals surface area (Å²) >= 11 is 0. The SMILES string of the molecule is CC[C@H](N)c1ccc(N2CCC(CO)CC2)cc1. The molecule has 1 aromatic carbocycles. The summed E-state index contributed by atoms with van der Waals surface area (Å²) in [5, 5.41) is 9.14. The average molecular weight is 248 g/mol. The second kappa shape index (κ2) is 6.21. The van der Waals surface area contributed by atoms with Crippen molar-refractivity contribution in [1.29, 1.82) is 0 Å². The zero-order valence-corrected chi connectivity index (χ0v) is 11.2. The number of aliphatic hydroxyl groups is 1. The highest BCUT2D eigenvalue weighted by atomic mass is 16.3. The molecule has 0 bridgehead atoms. The zero-order chi connectivity index (χ0) is 13.0. The topological polar surface area (TPSA) is 49.5 Å². The Bertz CT molecular complexity index is 355. The lowest BCUT2D eigenvalue weighted by molar-refractivity contribution is 0.203. The fourth-order valence-electron chi connectivity index (χ4n) is 2.54. The second-order valence-electron chi connectivity index (χ2n) is 5.22. The molecule has 18 heavy (non-hydrogen) atoms. The third kappa shape index (κ3) is 3.03. The molecule has 3 nitrogen and oxygen atoms in total. The summed E-state index contributed by atoms with van der Waals surface area (Å²) in [7, 11) is 0. The van der Waals surface area contributed by atoms with E-state index >= 15 is 0 Å². The minimum Gasteiger partial charge on any atom is -0.396 e. The van der Waals surface area contributed by atoms with Crippen molar-refractivity contribution in [1.82, 2.24) is 0 Å². The van der Waals surface area contributed by atoms with Gasteiger partial charge in [-0.15, -0.1) is 0 Å². The molecule has 1 aliphatic heterocycles. The van der Waals surface area contributed by atoms with Gasteiger partial charge in [0.05, 0.1) is 0 Å². The fourth-order valence-corrected chi connectivity index (χ4v) is 2.54. The van der Waals surface area contributed by atoms with E-state index < -0.39 is 0 Å². The number of nitrogens with two attached hydrogens (primary N) is 1. The minimum absolute atomic E-state index is 0.152. The maximum Gasteiger partial charge on any atom is 0.0460 e. The Morgan fingerprint density at radius 2 is 1.89 bits per heavy atom. The number of hydrogen-bond acceptors (Lipinski definition) is 3. The smallest absolute Gasteiger partial charge is 0.0460 e. The number of rotatable bonds is 4. The van der Waals surface area contributed by atoms with E-state index in [4.69, 9.17) is 10.8 Å². The minimum atomic E-state index is 0.152. The van der Waals surface area contributed by atoms with E-state index in [9.17, 15) is 0 Å². The summed E-state index contributed by atoms with van der Waals surface area (Å²) in [4.78, 5) is 2.40. The average Bonchev–Trinajstić information content (AvgIpc) is 2.47. The quantitative estimate of drug-likeness (QED) is 0.859. The first-order chi connectivity index (χ1) is 8.74. The predicted molar refractivity (Wildman–Crippen MR) is 75.7 cm³/mol. The molecule has 2 rings (SSSR count). The van der Waals surface area contributed by atoms with Gasteiger partial charge in [-0.1, -0.05) is 19.1 Å². The van der Waals surface area contributed by atoms with Crippen molar-refractivity contribution < 1.29 is 5.11 Å². The van der Waals surface area contributed by atoms with Crippen LogP contribution in [0.15, 0.2) is 24.3 Å². The molecule has 1 aromatic rings. The summed E-state index contributed by atoms with van der Waals surface area (Å²) in [6, 6.07) is 8.77. The van der Waals surface area contributed by atoms with Crippen molar-refractivity contribution >= 4 is 5.69 Å². The van der Waals surface area contributed by atoms with Crippen molar-refractivity contribution in [2.75, 3.05) is 24.6 Å². The summed E-state index contributed by atoms with van der Waals surface area (Å²) < 4.78 is 0. The Hall–Kier alpha value is -1.06. The van der Waals surface area contributed by atoms with Gasteiger partial charge in [0, 0.05) is 31.4 Å². The van der Waals surface area contributed by atoms with Gasteiger partial charge in [0.1, 0.15) is 0 Å². The highest BCUT2D eigenvalue weighted by Crippen LogP contribution is 2.24. The molecule has 0 spiro atoms. The lowest BCUT2D eigenvalue weighted by Crippen LogP contribution is -2.34. The molecule has 0 aliphatic carbocycles. The maximum absolute atomic E-state index is 9.14. The van der Waals surface area contributed by atoms with Crippen LogP contribution in [0.25, 0.3) is 0 Å². The third-order valence-corrected chi connectivity index (χ3v) is 4.00. The van der Waals surface area contributed by atoms with E-state index in [-0.39, 0.29) is 6.04 Å². The van der Waals surface area contributed by atoms with E-state index in [0.29, 0.717) is 12.5 Å². The fraction of sp³-hybridized carbons (Fsp3) is 0.600. The molecule has 0 unspecified atom stereocenters. The monoisotopic (exact) mass is 248 g/mol. The largest absolute Gasteiger partial charge is 0.396 e. The normalized spacial score (nSPS) is 18.9. The van der Waals surface area contributed by atoms with Crippen molar-refractivity contribution in [3.8, 4) is 0 Å². The van der Waals surface area contributed by atoms with Crippen LogP contribution < -0.4 is 10.6 Å². The van der Waals surface area contributed by atoms with Crippen LogP contribution >= 0.6 is 0 Å². The van der Waals surface area contributed by atoms with E-state index in [1.54, 1.807) is 0 Å². The van der Waals surface area contributed by atoms with Gasteiger partial charge in [-0.25, -0.2) is 0 Å². The van der Waals surface area contributed by atoms with Crippen molar-refractivity contribution in [2.45, 2.75) is 32.2 Å². The summed E-state index contributed by atoms with van der Waals surface area (Å²) in [5.41, 5.74) is 8.51. The van der Waals surface area contributed by atoms with Crippen LogP contribution in [-0.4, -0.2) is 24.8 Å². The Kier molecular flexibility index (Phi) is 4.61. The lowest BCUT2D eigenvalue weighted by atomic mass is 9.97. The molecule has 1 heterocycles. The molecule has 3 heteroatoms. The van der Waals surface area contributed by atoms with E-state index in [1.165, 1.54) is 11.3 Å². The number of piperidine rings is 1. The van der Waals surface area contributed by atoms with Gasteiger partial charge >= 0.3 is 0 Å². The first-order valence-corrected chi connectivity index (χ1v) is 6.96. The van der Waals surface area contributed by atoms with Crippen LogP contribution in [0, 0.1) is 5.92 Å². The second-order valence-corrected chi connectivity index (χ2v) is 5.22. The van der Waals surface area contributed by atoms with E-state index in [1.807, 2.05) is 0 Å². The van der Waals surface area contributed by atoms with Gasteiger partial charge in [-0.05, 0) is 42.9 Å². The van der Waals surface area contributed by atoms with Crippen molar-refractivity contribution in [3.05, 3.63) is 29.8 Å². The predicted octanol–water partition coefficient (Wildman–Crippen LogP) is 2.31. The van der Waals surface area contributed by atoms with Crippen LogP contribution in [-0.2, 0) is 0 Å². The first kappa shape index (κ1) is 13.4. The van der Waals surface area contributed by atoms with Gasteiger partial charge in [0.2, 0.25) is 0 Å². The number of aliphatic hydroxyl groups excluding tert-OH is 1. The number of benzene rings is 1. The van der Waals surface area contributed by atoms with Crippen LogP contribution in [0.5, 0.6) is 0 Å². The Balaban J connectivity index is 1.98. The Morgan fingerprint density at radius 1 is 1.28 bits per heavy atom. The van der Waals surface area contributed by atoms with Crippen molar-refractivity contribution in [2.24, 2.45) is 11.7 Å². The molecular weight excluding hydrogens is 224 g/mol. The maximum atomic E-state index is 9.14. The van der Waals surface area contributed by atoms with Crippen LogP contribution in [0.1, 0.15) is 37.8 Å². The Labute approximate surface area is 110 Å². The highest BCUT2D eigenvalue weighted by molar-refractivity contribution is 5.48. The van der Waals surface area contributed by atoms with Crippen molar-refractivity contribution in [3.63, 3.8) is 0 Å². The molecule has 3 N–H and O–H groups in total. The van der Waals surface area contributed by atoms with Gasteiger partial charge in [-0.2, -0.15) is 0 Å². The standard InChI is InChI=1S/C15H24N2O/c1-2-15(16)13-3-5-14(6-4-13)17-9-7-12(11-18)8-10-17/h3-6,12,15,18H,2,7-11,16H2,1H3/t15-/m0/s1. The molecular formula is C15H24N2O. The van der Waals surface area contributed by atoms with Gasteiger partial charge in [-0.3, -0.25) is 0 Å². The zero-order valence-electron chi connectivity index (χ0n) is 11.2. The van der Waals surface area contributed by atoms with Crippen LogP contribution in [0.3, 0.4) is 0 Å². The van der Waals surface area contributed by atoms with E-state index in [0.717, 1.165) is 32.4 Å². The number of anilines is 1. The number of nitrogens with zero attached hydrogens (tertiary/aromatic N) is 1. The molecule has 0 saturated carbocycles. The molecule has 0 aromatic heterocycles. The molecule has 1 fully saturated rings. The summed E-state index contributed by atoms with van der Waals surface area (Å²) in [5.74, 6) is 0.494. The molecule has 100 valence electrons. The van der Waals surface area contributed by atoms with E-state index in [2.05, 4.69) is 36.1 Å².